The zero-order chi connectivity index (χ0) is 19.1. The van der Waals surface area contributed by atoms with Crippen molar-refractivity contribution in [2.75, 3.05) is 11.9 Å². The van der Waals surface area contributed by atoms with Gasteiger partial charge in [-0.1, -0.05) is 28.1 Å². The van der Waals surface area contributed by atoms with Crippen LogP contribution < -0.4 is 10.1 Å². The summed E-state index contributed by atoms with van der Waals surface area (Å²) in [6.45, 7) is 0.977. The van der Waals surface area contributed by atoms with E-state index in [4.69, 9.17) is 4.74 Å². The maximum absolute atomic E-state index is 12.9. The summed E-state index contributed by atoms with van der Waals surface area (Å²) in [5.74, 6) is 0.895. The number of nitrogens with one attached hydrogen (secondary N) is 1. The molecule has 0 radical (unpaired) electrons. The molecular weight excluding hydrogens is 413 g/mol. The highest BCUT2D eigenvalue weighted by atomic mass is 79.9. The van der Waals surface area contributed by atoms with Crippen LogP contribution in [0.1, 0.15) is 18.4 Å². The van der Waals surface area contributed by atoms with Crippen molar-refractivity contribution >= 4 is 27.7 Å². The van der Waals surface area contributed by atoms with Gasteiger partial charge in [0.15, 0.2) is 5.82 Å². The molecule has 1 aromatic heterocycles. The molecule has 0 aliphatic carbocycles. The topological polar surface area (TPSA) is 56.1 Å². The van der Waals surface area contributed by atoms with Gasteiger partial charge in [0.05, 0.1) is 13.2 Å². The maximum Gasteiger partial charge on any atom is 0.225 e. The Bertz CT molecular complexity index is 879. The third-order valence-corrected chi connectivity index (χ3v) is 4.33. The molecule has 0 atom stereocenters. The Balaban J connectivity index is 1.39. The molecule has 0 spiro atoms. The Kier molecular flexibility index (Phi) is 6.59. The second-order valence-corrected chi connectivity index (χ2v) is 6.89. The zero-order valence-corrected chi connectivity index (χ0v) is 16.2. The number of amides is 1. The van der Waals surface area contributed by atoms with Crippen LogP contribution in [-0.4, -0.2) is 22.3 Å². The van der Waals surface area contributed by atoms with E-state index in [0.29, 0.717) is 31.8 Å². The second-order valence-electron chi connectivity index (χ2n) is 5.98. The lowest BCUT2D eigenvalue weighted by atomic mass is 10.2. The average molecular weight is 432 g/mol. The Labute approximate surface area is 165 Å². The summed E-state index contributed by atoms with van der Waals surface area (Å²) in [7, 11) is 0. The van der Waals surface area contributed by atoms with Crippen molar-refractivity contribution in [2.45, 2.75) is 19.4 Å². The minimum Gasteiger partial charge on any atom is -0.494 e. The van der Waals surface area contributed by atoms with E-state index in [-0.39, 0.29) is 11.7 Å². The molecule has 27 heavy (non-hydrogen) atoms. The number of benzene rings is 2. The Morgan fingerprint density at radius 3 is 2.59 bits per heavy atom. The SMILES string of the molecule is O=C(CCCOc1ccc(Br)cc1)Nc1ccn(Cc2ccc(F)cc2)n1. The molecule has 1 N–H and O–H groups in total. The van der Waals surface area contributed by atoms with Gasteiger partial charge in [0.1, 0.15) is 11.6 Å². The quantitative estimate of drug-likeness (QED) is 0.528. The van der Waals surface area contributed by atoms with Crippen molar-refractivity contribution in [1.29, 1.82) is 0 Å². The first-order valence-corrected chi connectivity index (χ1v) is 9.34. The first-order valence-electron chi connectivity index (χ1n) is 8.54. The summed E-state index contributed by atoms with van der Waals surface area (Å²) in [4.78, 5) is 12.0. The van der Waals surface area contributed by atoms with Crippen LogP contribution in [0.15, 0.2) is 65.3 Å². The second kappa shape index (κ2) is 9.32. The molecule has 0 bridgehead atoms. The minimum atomic E-state index is -0.267. The number of carbonyl (C=O) groups is 1. The highest BCUT2D eigenvalue weighted by molar-refractivity contribution is 9.10. The van der Waals surface area contributed by atoms with Crippen molar-refractivity contribution in [3.8, 4) is 5.75 Å². The number of anilines is 1. The molecule has 0 aliphatic rings. The van der Waals surface area contributed by atoms with Gasteiger partial charge in [0, 0.05) is 23.2 Å². The molecule has 0 fully saturated rings. The molecule has 1 heterocycles. The molecule has 3 aromatic rings. The lowest BCUT2D eigenvalue weighted by Crippen LogP contribution is -2.13. The number of nitrogens with zero attached hydrogens (tertiary/aromatic N) is 2. The third kappa shape index (κ3) is 6.21. The fourth-order valence-electron chi connectivity index (χ4n) is 2.45. The van der Waals surface area contributed by atoms with Crippen LogP contribution >= 0.6 is 15.9 Å². The van der Waals surface area contributed by atoms with E-state index in [0.717, 1.165) is 15.8 Å². The standard InChI is InChI=1S/C20H19BrFN3O2/c21-16-5-9-18(10-6-16)27-13-1-2-20(26)23-19-11-12-25(24-19)14-15-3-7-17(22)8-4-15/h3-12H,1-2,13-14H2,(H,23,24,26). The van der Waals surface area contributed by atoms with E-state index in [1.807, 2.05) is 24.3 Å². The zero-order valence-electron chi connectivity index (χ0n) is 14.6. The van der Waals surface area contributed by atoms with Crippen LogP contribution in [0.4, 0.5) is 10.2 Å². The molecule has 0 aliphatic heterocycles. The number of ether oxygens (including phenoxy) is 1. The van der Waals surface area contributed by atoms with E-state index >= 15 is 0 Å². The highest BCUT2D eigenvalue weighted by Crippen LogP contribution is 2.16. The number of aromatic nitrogens is 2. The van der Waals surface area contributed by atoms with Crippen LogP contribution in [0.2, 0.25) is 0 Å². The largest absolute Gasteiger partial charge is 0.494 e. The summed E-state index contributed by atoms with van der Waals surface area (Å²) >= 11 is 3.37. The van der Waals surface area contributed by atoms with Crippen LogP contribution in [0.25, 0.3) is 0 Å². The number of hydrogen-bond acceptors (Lipinski definition) is 3. The average Bonchev–Trinajstić information content (AvgIpc) is 3.09. The minimum absolute atomic E-state index is 0.110. The van der Waals surface area contributed by atoms with Gasteiger partial charge < -0.3 is 10.1 Å². The Hall–Kier alpha value is -2.67. The lowest BCUT2D eigenvalue weighted by Gasteiger charge is -2.06. The first kappa shape index (κ1) is 19.1. The Morgan fingerprint density at radius 1 is 1.11 bits per heavy atom. The van der Waals surface area contributed by atoms with Crippen LogP contribution in [0, 0.1) is 5.82 Å². The molecule has 1 amide bonds. The van der Waals surface area contributed by atoms with E-state index in [1.54, 1.807) is 29.1 Å². The smallest absolute Gasteiger partial charge is 0.225 e. The highest BCUT2D eigenvalue weighted by Gasteiger charge is 2.06. The third-order valence-electron chi connectivity index (χ3n) is 3.80. The molecule has 5 nitrogen and oxygen atoms in total. The van der Waals surface area contributed by atoms with Crippen LogP contribution in [-0.2, 0) is 11.3 Å². The molecule has 2 aromatic carbocycles. The first-order chi connectivity index (χ1) is 13.1. The fourth-order valence-corrected chi connectivity index (χ4v) is 2.72. The van der Waals surface area contributed by atoms with Gasteiger partial charge in [-0.2, -0.15) is 5.10 Å². The van der Waals surface area contributed by atoms with Gasteiger partial charge in [0.25, 0.3) is 0 Å². The number of carbonyl (C=O) groups excluding carboxylic acids is 1. The van der Waals surface area contributed by atoms with E-state index in [9.17, 15) is 9.18 Å². The van der Waals surface area contributed by atoms with Gasteiger partial charge >= 0.3 is 0 Å². The predicted octanol–water partition coefficient (Wildman–Crippen LogP) is 4.63. The van der Waals surface area contributed by atoms with Gasteiger partial charge in [-0.15, -0.1) is 0 Å². The summed E-state index contributed by atoms with van der Waals surface area (Å²) in [5.41, 5.74) is 0.933. The van der Waals surface area contributed by atoms with Crippen LogP contribution in [0.5, 0.6) is 5.75 Å². The lowest BCUT2D eigenvalue weighted by molar-refractivity contribution is -0.116. The normalized spacial score (nSPS) is 10.6. The van der Waals surface area contributed by atoms with E-state index < -0.39 is 0 Å². The fraction of sp³-hybridized carbons (Fsp3) is 0.200. The van der Waals surface area contributed by atoms with Crippen molar-refractivity contribution < 1.29 is 13.9 Å². The number of halogens is 2. The van der Waals surface area contributed by atoms with Crippen molar-refractivity contribution in [1.82, 2.24) is 9.78 Å². The molecule has 0 saturated heterocycles. The van der Waals surface area contributed by atoms with Crippen molar-refractivity contribution in [3.63, 3.8) is 0 Å². The summed E-state index contributed by atoms with van der Waals surface area (Å²) < 4.78 is 21.2. The molecular formula is C20H19BrFN3O2. The van der Waals surface area contributed by atoms with Crippen molar-refractivity contribution in [2.24, 2.45) is 0 Å². The molecule has 140 valence electrons. The number of rotatable bonds is 8. The van der Waals surface area contributed by atoms with E-state index in [1.165, 1.54) is 12.1 Å². The van der Waals surface area contributed by atoms with Crippen molar-refractivity contribution in [3.05, 3.63) is 76.6 Å². The van der Waals surface area contributed by atoms with Gasteiger partial charge in [-0.3, -0.25) is 9.48 Å². The van der Waals surface area contributed by atoms with Gasteiger partial charge in [-0.05, 0) is 48.4 Å². The molecule has 7 heteroatoms. The maximum atomic E-state index is 12.9. The number of hydrogen-bond donors (Lipinski definition) is 1. The monoisotopic (exact) mass is 431 g/mol. The summed E-state index contributed by atoms with van der Waals surface area (Å²) in [6.07, 6.45) is 2.73. The summed E-state index contributed by atoms with van der Waals surface area (Å²) in [5, 5.41) is 7.08. The molecule has 0 unspecified atom stereocenters. The summed E-state index contributed by atoms with van der Waals surface area (Å²) in [6, 6.07) is 15.5. The Morgan fingerprint density at radius 2 is 1.85 bits per heavy atom. The predicted molar refractivity (Wildman–Crippen MR) is 105 cm³/mol. The molecule has 0 saturated carbocycles. The molecule has 3 rings (SSSR count). The van der Waals surface area contributed by atoms with E-state index in [2.05, 4.69) is 26.3 Å². The van der Waals surface area contributed by atoms with Gasteiger partial charge in [0.2, 0.25) is 5.91 Å². The van der Waals surface area contributed by atoms with Crippen LogP contribution in [0.3, 0.4) is 0 Å². The van der Waals surface area contributed by atoms with Gasteiger partial charge in [-0.25, -0.2) is 4.39 Å².